The van der Waals surface area contributed by atoms with E-state index in [4.69, 9.17) is 75.8 Å². The van der Waals surface area contributed by atoms with Crippen molar-refractivity contribution in [2.75, 3.05) is 26.4 Å². The number of esters is 9. The first-order valence-electron chi connectivity index (χ1n) is 22.1. The maximum Gasteiger partial charge on any atom is 0.303 e. The number of aliphatic hydroxyl groups is 5. The third-order valence-electron chi connectivity index (χ3n) is 10.7. The van der Waals surface area contributed by atoms with E-state index < -0.39 is 203 Å². The van der Waals surface area contributed by atoms with Crippen LogP contribution in [0.2, 0.25) is 0 Å². The monoisotopic (exact) mass is 1040 g/mol. The summed E-state index contributed by atoms with van der Waals surface area (Å²) in [5.41, 5.74) is 0. The standard InChI is InChI=1S/C42H60O30/c1-14(43)57-10-24-32(61-17(4)46)35(64-20(7)49)28(53)40(68-24)60-13-23-31(71-41-29(54)36(65-21(8)50)33(62-18(5)47)25(69-41)11-58-15(2)44)27(52)38(39(56)67-23)72-42-30(55)37(66-22(9)51)34(63-19(6)48)26(70-42)12-59-16(3)45/h23-42,52-56H,10-13H2,1-9H3/t23-,24-,25-,26-,27+,28-,29-,30-,31+,32-,33-,34-,35-,36-,37-,38-,39-,40-,41+,42+/m1/s1. The van der Waals surface area contributed by atoms with Crippen LogP contribution in [-0.2, 0) is 119 Å². The Balaban J connectivity index is 1.77. The normalized spacial score (nSPS) is 36.6. The predicted octanol–water partition coefficient (Wildman–Crippen LogP) is -4.61. The van der Waals surface area contributed by atoms with Crippen LogP contribution >= 0.6 is 0 Å². The highest BCUT2D eigenvalue weighted by molar-refractivity contribution is 5.69. The largest absolute Gasteiger partial charge is 0.463 e. The fourth-order valence-electron chi connectivity index (χ4n) is 7.88. The molecule has 0 unspecified atom stereocenters. The van der Waals surface area contributed by atoms with Crippen LogP contribution in [0.15, 0.2) is 0 Å². The Labute approximate surface area is 409 Å². The number of hydrogen-bond donors (Lipinski definition) is 5. The lowest BCUT2D eigenvalue weighted by atomic mass is 9.95. The van der Waals surface area contributed by atoms with Gasteiger partial charge in [0.15, 0.2) is 61.8 Å². The van der Waals surface area contributed by atoms with E-state index in [2.05, 4.69) is 0 Å². The van der Waals surface area contributed by atoms with Gasteiger partial charge >= 0.3 is 53.7 Å². The van der Waals surface area contributed by atoms with Crippen LogP contribution in [0, 0.1) is 0 Å². The molecule has 4 aliphatic rings. The van der Waals surface area contributed by atoms with Gasteiger partial charge in [-0.05, 0) is 0 Å². The van der Waals surface area contributed by atoms with E-state index in [-0.39, 0.29) is 0 Å². The zero-order chi connectivity index (χ0) is 53.9. The highest BCUT2D eigenvalue weighted by Crippen LogP contribution is 2.36. The van der Waals surface area contributed by atoms with E-state index in [1.807, 2.05) is 0 Å². The number of hydrogen-bond acceptors (Lipinski definition) is 30. The number of rotatable bonds is 19. The van der Waals surface area contributed by atoms with Crippen molar-refractivity contribution in [3.05, 3.63) is 0 Å². The first-order valence-corrected chi connectivity index (χ1v) is 22.1. The Kier molecular flexibility index (Phi) is 21.9. The van der Waals surface area contributed by atoms with E-state index in [9.17, 15) is 68.7 Å². The lowest BCUT2D eigenvalue weighted by Gasteiger charge is -2.49. The Morgan fingerprint density at radius 3 is 0.917 bits per heavy atom. The Bertz CT molecular complexity index is 1930. The Hall–Kier alpha value is -5.25. The molecule has 30 heteroatoms. The van der Waals surface area contributed by atoms with Crippen LogP contribution in [0.4, 0.5) is 0 Å². The molecule has 0 aromatic carbocycles. The van der Waals surface area contributed by atoms with Gasteiger partial charge in [-0.15, -0.1) is 0 Å². The van der Waals surface area contributed by atoms with E-state index in [1.165, 1.54) is 0 Å². The molecule has 4 aliphatic heterocycles. The summed E-state index contributed by atoms with van der Waals surface area (Å²) in [7, 11) is 0. The minimum atomic E-state index is -2.32. The molecule has 4 saturated heterocycles. The SMILES string of the molecule is CC(=O)OC[C@H]1O[C@@H](OC[C@H]2O[C@@H](O)[C@H](O[C@@H]3O[C@H](COC(C)=O)[C@@H](OC(C)=O)[C@H](OC(C)=O)[C@H]3O)[C@@H](O)[C@H]2O[C@@H]2O[C@H](COC(C)=O)[C@@H](OC(C)=O)[C@H](OC(C)=O)[C@H]2O)[C@H](O)[C@@H](OC(C)=O)[C@@H]1OC(C)=O. The summed E-state index contributed by atoms with van der Waals surface area (Å²) in [5.74, 6) is -8.36. The molecular formula is C42H60O30. The average molecular weight is 1040 g/mol. The van der Waals surface area contributed by atoms with Gasteiger partial charge in [0.2, 0.25) is 0 Å². The second kappa shape index (κ2) is 26.6. The van der Waals surface area contributed by atoms with Crippen LogP contribution in [0.1, 0.15) is 62.3 Å². The van der Waals surface area contributed by atoms with Gasteiger partial charge in [0, 0.05) is 62.3 Å². The molecule has 0 amide bonds. The van der Waals surface area contributed by atoms with Gasteiger partial charge in [0.1, 0.15) is 80.9 Å². The topological polar surface area (TPSA) is 402 Å². The third kappa shape index (κ3) is 16.4. The quantitative estimate of drug-likeness (QED) is 0.0600. The first kappa shape index (κ1) is 59.3. The Morgan fingerprint density at radius 2 is 0.597 bits per heavy atom. The van der Waals surface area contributed by atoms with Crippen molar-refractivity contribution in [3.8, 4) is 0 Å². The third-order valence-corrected chi connectivity index (χ3v) is 10.7. The zero-order valence-corrected chi connectivity index (χ0v) is 40.3. The van der Waals surface area contributed by atoms with Crippen molar-refractivity contribution in [2.24, 2.45) is 0 Å². The predicted molar refractivity (Wildman–Crippen MR) is 220 cm³/mol. The Morgan fingerprint density at radius 1 is 0.319 bits per heavy atom. The van der Waals surface area contributed by atoms with Crippen molar-refractivity contribution < 1.29 is 144 Å². The highest BCUT2D eigenvalue weighted by atomic mass is 16.8. The summed E-state index contributed by atoms with van der Waals surface area (Å²) < 4.78 is 88.0. The molecule has 30 nitrogen and oxygen atoms in total. The summed E-state index contributed by atoms with van der Waals surface area (Å²) in [4.78, 5) is 109. The maximum absolute atomic E-state index is 12.3. The van der Waals surface area contributed by atoms with Crippen molar-refractivity contribution in [1.82, 2.24) is 0 Å². The van der Waals surface area contributed by atoms with Gasteiger partial charge in [0.25, 0.3) is 0 Å². The molecule has 4 fully saturated rings. The summed E-state index contributed by atoms with van der Waals surface area (Å²) >= 11 is 0. The molecule has 0 saturated carbocycles. The van der Waals surface area contributed by atoms with E-state index >= 15 is 0 Å². The summed E-state index contributed by atoms with van der Waals surface area (Å²) in [5, 5.41) is 58.3. The van der Waals surface area contributed by atoms with Crippen molar-refractivity contribution >= 4 is 53.7 Å². The molecule has 4 rings (SSSR count). The molecule has 5 N–H and O–H groups in total. The van der Waals surface area contributed by atoms with E-state index in [0.29, 0.717) is 0 Å². The van der Waals surface area contributed by atoms with Crippen molar-refractivity contribution in [3.63, 3.8) is 0 Å². The molecule has 4 heterocycles. The number of ether oxygens (including phenoxy) is 16. The minimum Gasteiger partial charge on any atom is -0.463 e. The zero-order valence-electron chi connectivity index (χ0n) is 40.3. The number of carbonyl (C=O) groups excluding carboxylic acids is 9. The summed E-state index contributed by atoms with van der Waals surface area (Å²) in [6, 6.07) is 0. The molecule has 0 aromatic heterocycles. The second-order valence-corrected chi connectivity index (χ2v) is 16.5. The fourth-order valence-corrected chi connectivity index (χ4v) is 7.88. The first-order chi connectivity index (χ1) is 33.7. The summed E-state index contributed by atoms with van der Waals surface area (Å²) in [6.07, 6.45) is -37.9. The van der Waals surface area contributed by atoms with Crippen LogP contribution in [-0.4, -0.2) is 229 Å². The van der Waals surface area contributed by atoms with Crippen molar-refractivity contribution in [1.29, 1.82) is 0 Å². The van der Waals surface area contributed by atoms with Crippen molar-refractivity contribution in [2.45, 2.75) is 185 Å². The molecule has 0 aliphatic carbocycles. The van der Waals surface area contributed by atoms with Crippen LogP contribution < -0.4 is 0 Å². The number of carbonyl (C=O) groups is 9. The van der Waals surface area contributed by atoms with E-state index in [1.54, 1.807) is 0 Å². The molecule has 0 bridgehead atoms. The van der Waals surface area contributed by atoms with Gasteiger partial charge in [-0.25, -0.2) is 0 Å². The van der Waals surface area contributed by atoms with Crippen LogP contribution in [0.3, 0.4) is 0 Å². The number of aliphatic hydroxyl groups excluding tert-OH is 5. The molecule has 20 atom stereocenters. The second-order valence-electron chi connectivity index (χ2n) is 16.5. The van der Waals surface area contributed by atoms with Crippen LogP contribution in [0.5, 0.6) is 0 Å². The smallest absolute Gasteiger partial charge is 0.303 e. The van der Waals surface area contributed by atoms with Gasteiger partial charge < -0.3 is 101 Å². The van der Waals surface area contributed by atoms with E-state index in [0.717, 1.165) is 62.3 Å². The van der Waals surface area contributed by atoms with Gasteiger partial charge in [-0.2, -0.15) is 0 Å². The average Bonchev–Trinajstić information content (AvgIpc) is 3.26. The molecule has 0 aromatic rings. The van der Waals surface area contributed by atoms with Gasteiger partial charge in [-0.1, -0.05) is 0 Å². The van der Waals surface area contributed by atoms with Crippen LogP contribution in [0.25, 0.3) is 0 Å². The molecule has 0 radical (unpaired) electrons. The minimum absolute atomic E-state index is 0.653. The molecule has 72 heavy (non-hydrogen) atoms. The molecular weight excluding hydrogens is 984 g/mol. The van der Waals surface area contributed by atoms with Gasteiger partial charge in [-0.3, -0.25) is 43.2 Å². The highest BCUT2D eigenvalue weighted by Gasteiger charge is 2.58. The fraction of sp³-hybridized carbons (Fsp3) is 0.786. The lowest BCUT2D eigenvalue weighted by molar-refractivity contribution is -0.387. The summed E-state index contributed by atoms with van der Waals surface area (Å²) in [6.45, 7) is 5.89. The molecule has 0 spiro atoms. The lowest BCUT2D eigenvalue weighted by Crippen LogP contribution is -2.68. The van der Waals surface area contributed by atoms with Gasteiger partial charge in [0.05, 0.1) is 6.61 Å². The molecule has 408 valence electrons. The maximum atomic E-state index is 12.3.